The van der Waals surface area contributed by atoms with Gasteiger partial charge >= 0.3 is 0 Å². The number of carbonyl (C=O) groups excluding carboxylic acids is 1. The number of primary amides is 1. The van der Waals surface area contributed by atoms with Crippen LogP contribution in [-0.2, 0) is 4.79 Å². The van der Waals surface area contributed by atoms with E-state index in [0.717, 1.165) is 6.42 Å². The summed E-state index contributed by atoms with van der Waals surface area (Å²) in [6.45, 7) is 8.53. The molecule has 1 amide bonds. The van der Waals surface area contributed by atoms with Gasteiger partial charge in [0.25, 0.3) is 0 Å². The first-order valence-corrected chi connectivity index (χ1v) is 7.38. The molecule has 3 nitrogen and oxygen atoms in total. The predicted octanol–water partition coefficient (Wildman–Crippen LogP) is 3.70. The van der Waals surface area contributed by atoms with E-state index in [1.807, 2.05) is 0 Å². The van der Waals surface area contributed by atoms with Gasteiger partial charge < -0.3 is 11.1 Å². The Bertz CT molecular complexity index is 535. The molecule has 0 radical (unpaired) electrons. The second-order valence-electron chi connectivity index (χ2n) is 7.91. The molecular formula is C17H25FN2O. The first kappa shape index (κ1) is 15.8. The summed E-state index contributed by atoms with van der Waals surface area (Å²) in [5.74, 6) is -0.772. The fraction of sp³-hybridized carbons (Fsp3) is 0.588. The maximum Gasteiger partial charge on any atom is 0.243 e. The lowest BCUT2D eigenvalue weighted by atomic mass is 9.58. The molecule has 116 valence electrons. The molecule has 1 fully saturated rings. The Balaban J connectivity index is 2.42. The van der Waals surface area contributed by atoms with Gasteiger partial charge in [-0.05, 0) is 42.2 Å². The number of anilines is 1. The average molecular weight is 292 g/mol. The monoisotopic (exact) mass is 292 g/mol. The topological polar surface area (TPSA) is 55.1 Å². The molecule has 3 N–H and O–H groups in total. The lowest BCUT2D eigenvalue weighted by molar-refractivity contribution is -0.126. The van der Waals surface area contributed by atoms with Crippen molar-refractivity contribution in [2.75, 3.05) is 5.32 Å². The van der Waals surface area contributed by atoms with Gasteiger partial charge in [-0.3, -0.25) is 4.79 Å². The van der Waals surface area contributed by atoms with Crippen LogP contribution in [0.1, 0.15) is 47.0 Å². The minimum Gasteiger partial charge on any atom is -0.369 e. The van der Waals surface area contributed by atoms with Gasteiger partial charge in [-0.25, -0.2) is 4.39 Å². The fourth-order valence-electron chi connectivity index (χ4n) is 4.26. The number of hydrogen-bond acceptors (Lipinski definition) is 2. The molecule has 0 bridgehead atoms. The number of rotatable bonds is 3. The zero-order chi connectivity index (χ0) is 15.9. The van der Waals surface area contributed by atoms with E-state index in [-0.39, 0.29) is 16.6 Å². The van der Waals surface area contributed by atoms with Gasteiger partial charge in [-0.2, -0.15) is 0 Å². The van der Waals surface area contributed by atoms with Gasteiger partial charge in [0, 0.05) is 0 Å². The Hall–Kier alpha value is -1.58. The molecule has 2 rings (SSSR count). The van der Waals surface area contributed by atoms with Crippen molar-refractivity contribution in [3.05, 3.63) is 30.1 Å². The van der Waals surface area contributed by atoms with E-state index in [0.29, 0.717) is 18.5 Å². The highest BCUT2D eigenvalue weighted by atomic mass is 19.1. The second kappa shape index (κ2) is 5.00. The van der Waals surface area contributed by atoms with Crippen LogP contribution < -0.4 is 11.1 Å². The third-order valence-electron chi connectivity index (χ3n) is 4.24. The van der Waals surface area contributed by atoms with Crippen molar-refractivity contribution in [2.24, 2.45) is 16.6 Å². The van der Waals surface area contributed by atoms with E-state index in [1.54, 1.807) is 18.2 Å². The van der Waals surface area contributed by atoms with Crippen molar-refractivity contribution in [2.45, 2.75) is 52.5 Å². The summed E-state index contributed by atoms with van der Waals surface area (Å²) in [6, 6.07) is 6.41. The highest BCUT2D eigenvalue weighted by Crippen LogP contribution is 2.51. The Morgan fingerprint density at radius 2 is 1.62 bits per heavy atom. The maximum atomic E-state index is 13.9. The van der Waals surface area contributed by atoms with Gasteiger partial charge in [-0.1, -0.05) is 39.8 Å². The third-order valence-corrected chi connectivity index (χ3v) is 4.24. The molecule has 0 aromatic heterocycles. The summed E-state index contributed by atoms with van der Waals surface area (Å²) in [7, 11) is 0. The molecule has 0 saturated heterocycles. The van der Waals surface area contributed by atoms with Gasteiger partial charge in [-0.15, -0.1) is 0 Å². The van der Waals surface area contributed by atoms with Gasteiger partial charge in [0.2, 0.25) is 5.91 Å². The molecule has 0 atom stereocenters. The minimum atomic E-state index is -0.909. The van der Waals surface area contributed by atoms with Crippen LogP contribution in [0.5, 0.6) is 0 Å². The van der Waals surface area contributed by atoms with E-state index in [1.165, 1.54) is 6.07 Å². The Labute approximate surface area is 126 Å². The number of nitrogens with two attached hydrogens (primary N) is 1. The normalized spacial score (nSPS) is 22.5. The molecule has 4 heteroatoms. The molecule has 1 aliphatic rings. The molecule has 1 aromatic rings. The van der Waals surface area contributed by atoms with Crippen molar-refractivity contribution in [3.63, 3.8) is 0 Å². The number of halogens is 1. The van der Waals surface area contributed by atoms with E-state index in [2.05, 4.69) is 33.0 Å². The summed E-state index contributed by atoms with van der Waals surface area (Å²) < 4.78 is 13.9. The first-order chi connectivity index (χ1) is 9.55. The third kappa shape index (κ3) is 3.36. The number of nitrogens with one attached hydrogen (secondary N) is 1. The standard InChI is InChI=1S/C17H25FN2O/c1-15(2)9-16(3,4)11-17(10-15,14(19)21)20-13-8-6-5-7-12(13)18/h5-8,20H,9-11H2,1-4H3,(H2,19,21). The van der Waals surface area contributed by atoms with Crippen LogP contribution in [0, 0.1) is 16.6 Å². The molecule has 1 saturated carbocycles. The Morgan fingerprint density at radius 1 is 1.10 bits per heavy atom. The number of amides is 1. The van der Waals surface area contributed by atoms with E-state index in [9.17, 15) is 9.18 Å². The van der Waals surface area contributed by atoms with E-state index in [4.69, 9.17) is 5.73 Å². The van der Waals surface area contributed by atoms with Crippen LogP contribution in [0.3, 0.4) is 0 Å². The fourth-order valence-corrected chi connectivity index (χ4v) is 4.26. The SMILES string of the molecule is CC1(C)CC(C)(C)CC(Nc2ccccc2F)(C(N)=O)C1. The van der Waals surface area contributed by atoms with Crippen LogP contribution >= 0.6 is 0 Å². The number of para-hydroxylation sites is 1. The number of carbonyl (C=O) groups is 1. The second-order valence-corrected chi connectivity index (χ2v) is 7.91. The summed E-state index contributed by atoms with van der Waals surface area (Å²) in [5.41, 5.74) is 5.08. The minimum absolute atomic E-state index is 0.0327. The highest BCUT2D eigenvalue weighted by molar-refractivity contribution is 5.88. The number of benzene rings is 1. The van der Waals surface area contributed by atoms with E-state index >= 15 is 0 Å². The largest absolute Gasteiger partial charge is 0.369 e. The van der Waals surface area contributed by atoms with Crippen molar-refractivity contribution in [1.82, 2.24) is 0 Å². The van der Waals surface area contributed by atoms with Crippen LogP contribution in [-0.4, -0.2) is 11.4 Å². The smallest absolute Gasteiger partial charge is 0.243 e. The van der Waals surface area contributed by atoms with Gasteiger partial charge in [0.15, 0.2) is 0 Å². The molecule has 0 heterocycles. The van der Waals surface area contributed by atoms with Crippen LogP contribution in [0.4, 0.5) is 10.1 Å². The van der Waals surface area contributed by atoms with Crippen molar-refractivity contribution < 1.29 is 9.18 Å². The van der Waals surface area contributed by atoms with Crippen LogP contribution in [0.25, 0.3) is 0 Å². The summed E-state index contributed by atoms with van der Waals surface area (Å²) >= 11 is 0. The lowest BCUT2D eigenvalue weighted by Gasteiger charge is -2.51. The van der Waals surface area contributed by atoms with Gasteiger partial charge in [0.1, 0.15) is 11.4 Å². The van der Waals surface area contributed by atoms with E-state index < -0.39 is 11.4 Å². The van der Waals surface area contributed by atoms with Gasteiger partial charge in [0.05, 0.1) is 5.69 Å². The van der Waals surface area contributed by atoms with Crippen molar-refractivity contribution in [3.8, 4) is 0 Å². The molecule has 1 aromatic carbocycles. The lowest BCUT2D eigenvalue weighted by Crippen LogP contribution is -2.58. The average Bonchev–Trinajstić information content (AvgIpc) is 2.27. The summed E-state index contributed by atoms with van der Waals surface area (Å²) in [6.07, 6.45) is 2.22. The molecular weight excluding hydrogens is 267 g/mol. The molecule has 1 aliphatic carbocycles. The van der Waals surface area contributed by atoms with Crippen LogP contribution in [0.2, 0.25) is 0 Å². The summed E-state index contributed by atoms with van der Waals surface area (Å²) in [4.78, 5) is 12.2. The predicted molar refractivity (Wildman–Crippen MR) is 83.4 cm³/mol. The molecule has 21 heavy (non-hydrogen) atoms. The Kier molecular flexibility index (Phi) is 3.77. The zero-order valence-corrected chi connectivity index (χ0v) is 13.3. The molecule has 0 aliphatic heterocycles. The maximum absolute atomic E-state index is 13.9. The number of hydrogen-bond donors (Lipinski definition) is 2. The highest BCUT2D eigenvalue weighted by Gasteiger charge is 2.51. The Morgan fingerprint density at radius 3 is 2.10 bits per heavy atom. The molecule has 0 unspecified atom stereocenters. The first-order valence-electron chi connectivity index (χ1n) is 7.38. The quantitative estimate of drug-likeness (QED) is 0.892. The molecule has 0 spiro atoms. The zero-order valence-electron chi connectivity index (χ0n) is 13.3. The summed E-state index contributed by atoms with van der Waals surface area (Å²) in [5, 5.41) is 3.12. The van der Waals surface area contributed by atoms with Crippen molar-refractivity contribution >= 4 is 11.6 Å². The van der Waals surface area contributed by atoms with Crippen LogP contribution in [0.15, 0.2) is 24.3 Å². The van der Waals surface area contributed by atoms with Crippen molar-refractivity contribution in [1.29, 1.82) is 0 Å².